The molecule has 0 spiro atoms. The van der Waals surface area contributed by atoms with Gasteiger partial charge in [-0.05, 0) is 12.1 Å². The van der Waals surface area contributed by atoms with E-state index in [2.05, 4.69) is 4.98 Å². The minimum atomic E-state index is -0.390. The number of rotatable bonds is 2. The summed E-state index contributed by atoms with van der Waals surface area (Å²) in [6, 6.07) is 6.20. The Labute approximate surface area is 79.8 Å². The Morgan fingerprint density at radius 3 is 2.86 bits per heavy atom. The van der Waals surface area contributed by atoms with Crippen molar-refractivity contribution in [3.05, 3.63) is 42.2 Å². The van der Waals surface area contributed by atoms with Crippen LogP contribution in [0.5, 0.6) is 0 Å². The van der Waals surface area contributed by atoms with E-state index in [1.165, 1.54) is 12.5 Å². The van der Waals surface area contributed by atoms with E-state index in [9.17, 15) is 4.39 Å². The van der Waals surface area contributed by atoms with E-state index >= 15 is 0 Å². The second-order valence-electron chi connectivity index (χ2n) is 2.77. The van der Waals surface area contributed by atoms with Gasteiger partial charge in [-0.25, -0.2) is 9.37 Å². The number of hydrogen-bond acceptors (Lipinski definition) is 3. The van der Waals surface area contributed by atoms with Gasteiger partial charge in [0.15, 0.2) is 12.2 Å². The molecule has 3 nitrogen and oxygen atoms in total. The first-order valence-corrected chi connectivity index (χ1v) is 4.11. The third-order valence-electron chi connectivity index (χ3n) is 1.91. The molecule has 1 heterocycles. The molecule has 0 atom stereocenters. The van der Waals surface area contributed by atoms with Crippen LogP contribution in [0.4, 0.5) is 4.39 Å². The fraction of sp³-hybridized carbons (Fsp3) is 0.100. The number of oxazole rings is 1. The van der Waals surface area contributed by atoms with Gasteiger partial charge < -0.3 is 9.52 Å². The maximum Gasteiger partial charge on any atom is 0.181 e. The third kappa shape index (κ3) is 1.40. The van der Waals surface area contributed by atoms with Crippen molar-refractivity contribution in [2.45, 2.75) is 6.61 Å². The van der Waals surface area contributed by atoms with E-state index in [1.54, 1.807) is 18.2 Å². The third-order valence-corrected chi connectivity index (χ3v) is 1.91. The van der Waals surface area contributed by atoms with Gasteiger partial charge in [-0.15, -0.1) is 0 Å². The molecule has 1 N–H and O–H groups in total. The fourth-order valence-electron chi connectivity index (χ4n) is 1.25. The van der Waals surface area contributed by atoms with Crippen LogP contribution in [0.25, 0.3) is 11.3 Å². The highest BCUT2D eigenvalue weighted by molar-refractivity contribution is 5.60. The van der Waals surface area contributed by atoms with Crippen molar-refractivity contribution < 1.29 is 13.9 Å². The van der Waals surface area contributed by atoms with Gasteiger partial charge in [0.05, 0.1) is 12.2 Å². The topological polar surface area (TPSA) is 46.3 Å². The first-order valence-electron chi connectivity index (χ1n) is 4.11. The quantitative estimate of drug-likeness (QED) is 0.793. The van der Waals surface area contributed by atoms with Crippen molar-refractivity contribution >= 4 is 0 Å². The zero-order chi connectivity index (χ0) is 9.97. The van der Waals surface area contributed by atoms with Crippen molar-refractivity contribution in [1.29, 1.82) is 0 Å². The van der Waals surface area contributed by atoms with E-state index in [0.717, 1.165) is 0 Å². The maximum absolute atomic E-state index is 13.3. The van der Waals surface area contributed by atoms with Gasteiger partial charge in [0.25, 0.3) is 0 Å². The van der Waals surface area contributed by atoms with Gasteiger partial charge in [-0.1, -0.05) is 12.1 Å². The highest BCUT2D eigenvalue weighted by Crippen LogP contribution is 2.25. The van der Waals surface area contributed by atoms with Crippen LogP contribution in [0.15, 0.2) is 35.1 Å². The van der Waals surface area contributed by atoms with Gasteiger partial charge in [0.1, 0.15) is 11.5 Å². The Hall–Kier alpha value is -1.68. The highest BCUT2D eigenvalue weighted by atomic mass is 19.1. The minimum Gasteiger partial charge on any atom is -0.443 e. The summed E-state index contributed by atoms with van der Waals surface area (Å²) >= 11 is 0. The van der Waals surface area contributed by atoms with Crippen LogP contribution in [-0.2, 0) is 6.61 Å². The average Bonchev–Trinajstić information content (AvgIpc) is 2.66. The SMILES string of the molecule is OCc1ncoc1-c1ccccc1F. The van der Waals surface area contributed by atoms with Gasteiger partial charge in [0, 0.05) is 0 Å². The van der Waals surface area contributed by atoms with Crippen molar-refractivity contribution in [3.63, 3.8) is 0 Å². The first kappa shape index (κ1) is 8.90. The lowest BCUT2D eigenvalue weighted by Gasteiger charge is -1.99. The Morgan fingerprint density at radius 1 is 1.36 bits per heavy atom. The number of aliphatic hydroxyl groups excluding tert-OH is 1. The molecule has 0 aliphatic carbocycles. The molecule has 0 fully saturated rings. The normalized spacial score (nSPS) is 10.4. The van der Waals surface area contributed by atoms with Crippen LogP contribution in [0.1, 0.15) is 5.69 Å². The summed E-state index contributed by atoms with van der Waals surface area (Å²) in [6.45, 7) is -0.264. The summed E-state index contributed by atoms with van der Waals surface area (Å²) < 4.78 is 18.3. The zero-order valence-corrected chi connectivity index (χ0v) is 7.27. The number of aromatic nitrogens is 1. The molecule has 0 aliphatic rings. The molecule has 0 amide bonds. The van der Waals surface area contributed by atoms with E-state index in [4.69, 9.17) is 9.52 Å². The predicted molar refractivity (Wildman–Crippen MR) is 47.8 cm³/mol. The number of halogens is 1. The first-order chi connectivity index (χ1) is 6.83. The van der Waals surface area contributed by atoms with Crippen LogP contribution >= 0.6 is 0 Å². The minimum absolute atomic E-state index is 0.264. The van der Waals surface area contributed by atoms with E-state index in [1.807, 2.05) is 0 Å². The lowest BCUT2D eigenvalue weighted by Crippen LogP contribution is -1.89. The summed E-state index contributed by atoms with van der Waals surface area (Å²) in [7, 11) is 0. The number of benzene rings is 1. The maximum atomic E-state index is 13.3. The average molecular weight is 193 g/mol. The predicted octanol–water partition coefficient (Wildman–Crippen LogP) is 1.97. The monoisotopic (exact) mass is 193 g/mol. The van der Waals surface area contributed by atoms with Crippen molar-refractivity contribution in [2.24, 2.45) is 0 Å². The highest BCUT2D eigenvalue weighted by Gasteiger charge is 2.12. The van der Waals surface area contributed by atoms with Crippen LogP contribution in [0, 0.1) is 5.82 Å². The summed E-state index contributed by atoms with van der Waals surface area (Å²) in [5.74, 6) is -0.107. The summed E-state index contributed by atoms with van der Waals surface area (Å²) in [4.78, 5) is 3.77. The molecule has 14 heavy (non-hydrogen) atoms. The van der Waals surface area contributed by atoms with Crippen molar-refractivity contribution in [1.82, 2.24) is 4.98 Å². The summed E-state index contributed by atoms with van der Waals surface area (Å²) in [5, 5.41) is 8.91. The molecule has 72 valence electrons. The van der Waals surface area contributed by atoms with E-state index < -0.39 is 0 Å². The lowest BCUT2D eigenvalue weighted by atomic mass is 10.1. The van der Waals surface area contributed by atoms with Crippen LogP contribution in [-0.4, -0.2) is 10.1 Å². The molecule has 0 unspecified atom stereocenters. The Morgan fingerprint density at radius 2 is 2.14 bits per heavy atom. The molecular weight excluding hydrogens is 185 g/mol. The second kappa shape index (κ2) is 3.59. The van der Waals surface area contributed by atoms with E-state index in [-0.39, 0.29) is 18.2 Å². The molecule has 0 saturated heterocycles. The van der Waals surface area contributed by atoms with Gasteiger partial charge in [0.2, 0.25) is 0 Å². The fourth-order valence-corrected chi connectivity index (χ4v) is 1.25. The summed E-state index contributed by atoms with van der Waals surface area (Å²) in [6.07, 6.45) is 1.19. The smallest absolute Gasteiger partial charge is 0.181 e. The zero-order valence-electron chi connectivity index (χ0n) is 7.27. The largest absolute Gasteiger partial charge is 0.443 e. The standard InChI is InChI=1S/C10H8FNO2/c11-8-4-2-1-3-7(8)10-9(5-13)12-6-14-10/h1-4,6,13H,5H2. The molecule has 0 saturated carbocycles. The molecular formula is C10H8FNO2. The van der Waals surface area contributed by atoms with Crippen LogP contribution < -0.4 is 0 Å². The molecule has 4 heteroatoms. The van der Waals surface area contributed by atoms with E-state index in [0.29, 0.717) is 11.3 Å². The lowest BCUT2D eigenvalue weighted by molar-refractivity contribution is 0.277. The molecule has 1 aromatic heterocycles. The van der Waals surface area contributed by atoms with Gasteiger partial charge in [-0.2, -0.15) is 0 Å². The van der Waals surface area contributed by atoms with Gasteiger partial charge >= 0.3 is 0 Å². The Kier molecular flexibility index (Phi) is 2.28. The second-order valence-corrected chi connectivity index (χ2v) is 2.77. The Balaban J connectivity index is 2.54. The van der Waals surface area contributed by atoms with Crippen LogP contribution in [0.3, 0.4) is 0 Å². The van der Waals surface area contributed by atoms with Crippen LogP contribution in [0.2, 0.25) is 0 Å². The van der Waals surface area contributed by atoms with Crippen molar-refractivity contribution in [3.8, 4) is 11.3 Å². The molecule has 0 bridgehead atoms. The molecule has 0 aliphatic heterocycles. The molecule has 2 rings (SSSR count). The number of hydrogen-bond donors (Lipinski definition) is 1. The van der Waals surface area contributed by atoms with Gasteiger partial charge in [-0.3, -0.25) is 0 Å². The summed E-state index contributed by atoms with van der Waals surface area (Å²) in [5.41, 5.74) is 0.657. The Bertz CT molecular complexity index is 439. The number of nitrogens with zero attached hydrogens (tertiary/aromatic N) is 1. The molecule has 1 aromatic carbocycles. The molecule has 0 radical (unpaired) electrons. The molecule has 2 aromatic rings. The van der Waals surface area contributed by atoms with Crippen molar-refractivity contribution in [2.75, 3.05) is 0 Å². The number of aliphatic hydroxyl groups is 1.